The largest absolute Gasteiger partial charge is 0.384 e. The lowest BCUT2D eigenvalue weighted by molar-refractivity contribution is 0.0566. The third-order valence-corrected chi connectivity index (χ3v) is 3.45. The van der Waals surface area contributed by atoms with E-state index in [0.29, 0.717) is 13.1 Å². The van der Waals surface area contributed by atoms with Gasteiger partial charge in [-0.1, -0.05) is 0 Å². The van der Waals surface area contributed by atoms with Gasteiger partial charge in [-0.25, -0.2) is 0 Å². The van der Waals surface area contributed by atoms with Crippen LogP contribution in [0.5, 0.6) is 0 Å². The SMILES string of the molecule is Cn1cc(C(C)(O)CNCc2cnn(C(C)(C)C)c2)cn1. The van der Waals surface area contributed by atoms with Gasteiger partial charge in [-0.2, -0.15) is 10.2 Å². The van der Waals surface area contributed by atoms with Crippen molar-refractivity contribution in [2.75, 3.05) is 6.54 Å². The van der Waals surface area contributed by atoms with Crippen LogP contribution in [0.2, 0.25) is 0 Å². The van der Waals surface area contributed by atoms with E-state index in [4.69, 9.17) is 0 Å². The first-order chi connectivity index (χ1) is 9.68. The van der Waals surface area contributed by atoms with Crippen LogP contribution < -0.4 is 5.32 Å². The molecule has 1 unspecified atom stereocenters. The highest BCUT2D eigenvalue weighted by Crippen LogP contribution is 2.19. The molecule has 0 aromatic carbocycles. The van der Waals surface area contributed by atoms with Crippen LogP contribution in [0.25, 0.3) is 0 Å². The summed E-state index contributed by atoms with van der Waals surface area (Å²) in [6.45, 7) is 9.26. The summed E-state index contributed by atoms with van der Waals surface area (Å²) in [7, 11) is 1.84. The molecule has 21 heavy (non-hydrogen) atoms. The van der Waals surface area contributed by atoms with E-state index in [0.717, 1.165) is 11.1 Å². The number of rotatable bonds is 5. The van der Waals surface area contributed by atoms with Gasteiger partial charge >= 0.3 is 0 Å². The van der Waals surface area contributed by atoms with Gasteiger partial charge in [0.05, 0.1) is 17.9 Å². The Bertz CT molecular complexity index is 591. The fourth-order valence-corrected chi connectivity index (χ4v) is 2.07. The maximum Gasteiger partial charge on any atom is 0.102 e. The van der Waals surface area contributed by atoms with Crippen molar-refractivity contribution in [3.8, 4) is 0 Å². The number of aryl methyl sites for hydroxylation is 1. The van der Waals surface area contributed by atoms with Gasteiger partial charge in [0.1, 0.15) is 5.60 Å². The van der Waals surface area contributed by atoms with Crippen molar-refractivity contribution in [1.29, 1.82) is 0 Å². The molecule has 0 aliphatic rings. The minimum atomic E-state index is -0.936. The lowest BCUT2D eigenvalue weighted by Crippen LogP contribution is -2.34. The summed E-state index contributed by atoms with van der Waals surface area (Å²) in [5.41, 5.74) is 0.961. The Morgan fingerprint density at radius 1 is 1.14 bits per heavy atom. The fourth-order valence-electron chi connectivity index (χ4n) is 2.07. The molecule has 2 N–H and O–H groups in total. The van der Waals surface area contributed by atoms with Gasteiger partial charge in [-0.05, 0) is 27.7 Å². The van der Waals surface area contributed by atoms with E-state index in [-0.39, 0.29) is 5.54 Å². The van der Waals surface area contributed by atoms with Gasteiger partial charge in [0.25, 0.3) is 0 Å². The van der Waals surface area contributed by atoms with Crippen molar-refractivity contribution < 1.29 is 5.11 Å². The van der Waals surface area contributed by atoms with Gasteiger partial charge in [0.15, 0.2) is 0 Å². The van der Waals surface area contributed by atoms with Crippen LogP contribution in [0.15, 0.2) is 24.8 Å². The van der Waals surface area contributed by atoms with E-state index in [1.165, 1.54) is 0 Å². The third-order valence-electron chi connectivity index (χ3n) is 3.45. The Hall–Kier alpha value is -1.66. The van der Waals surface area contributed by atoms with Gasteiger partial charge in [0.2, 0.25) is 0 Å². The number of nitrogens with one attached hydrogen (secondary N) is 1. The highest BCUT2D eigenvalue weighted by molar-refractivity contribution is 5.14. The molecule has 1 atom stereocenters. The van der Waals surface area contributed by atoms with E-state index in [1.54, 1.807) is 17.8 Å². The third kappa shape index (κ3) is 3.92. The van der Waals surface area contributed by atoms with Crippen LogP contribution in [0.1, 0.15) is 38.8 Å². The predicted octanol–water partition coefficient (Wildman–Crippen LogP) is 1.37. The minimum Gasteiger partial charge on any atom is -0.384 e. The van der Waals surface area contributed by atoms with Gasteiger partial charge in [0, 0.05) is 43.7 Å². The summed E-state index contributed by atoms with van der Waals surface area (Å²) in [6, 6.07) is 0. The summed E-state index contributed by atoms with van der Waals surface area (Å²) in [5.74, 6) is 0. The quantitative estimate of drug-likeness (QED) is 0.873. The average Bonchev–Trinajstić information content (AvgIpc) is 2.97. The minimum absolute atomic E-state index is 0.0144. The zero-order valence-corrected chi connectivity index (χ0v) is 13.5. The van der Waals surface area contributed by atoms with Crippen LogP contribution in [0.3, 0.4) is 0 Å². The lowest BCUT2D eigenvalue weighted by Gasteiger charge is -2.22. The monoisotopic (exact) mass is 291 g/mol. The highest BCUT2D eigenvalue weighted by Gasteiger charge is 2.24. The molecular formula is C15H25N5O. The second-order valence-corrected chi connectivity index (χ2v) is 6.74. The highest BCUT2D eigenvalue weighted by atomic mass is 16.3. The second kappa shape index (κ2) is 5.61. The Morgan fingerprint density at radius 2 is 1.86 bits per heavy atom. The topological polar surface area (TPSA) is 67.9 Å². The Labute approximate surface area is 125 Å². The van der Waals surface area contributed by atoms with Gasteiger partial charge < -0.3 is 10.4 Å². The molecule has 0 aliphatic heterocycles. The molecule has 0 fully saturated rings. The van der Waals surface area contributed by atoms with Gasteiger partial charge in [-0.15, -0.1) is 0 Å². The lowest BCUT2D eigenvalue weighted by atomic mass is 10.00. The van der Waals surface area contributed by atoms with Crippen LogP contribution in [0.4, 0.5) is 0 Å². The van der Waals surface area contributed by atoms with Crippen molar-refractivity contribution in [2.24, 2.45) is 7.05 Å². The van der Waals surface area contributed by atoms with E-state index >= 15 is 0 Å². The molecule has 0 saturated heterocycles. The number of hydrogen-bond acceptors (Lipinski definition) is 4. The molecule has 2 heterocycles. The predicted molar refractivity (Wildman–Crippen MR) is 81.7 cm³/mol. The van der Waals surface area contributed by atoms with Crippen molar-refractivity contribution in [3.63, 3.8) is 0 Å². The number of aliphatic hydroxyl groups is 1. The maximum absolute atomic E-state index is 10.5. The summed E-state index contributed by atoms with van der Waals surface area (Å²) in [5, 5.41) is 22.2. The van der Waals surface area contributed by atoms with Crippen LogP contribution in [0, 0.1) is 0 Å². The molecule has 2 aromatic rings. The van der Waals surface area contributed by atoms with E-state index < -0.39 is 5.60 Å². The standard InChI is InChI=1S/C15H25N5O/c1-14(2,3)20-9-12(7-18-20)6-16-11-15(4,21)13-8-17-19(5)10-13/h7-10,16,21H,6,11H2,1-5H3. The second-order valence-electron chi connectivity index (χ2n) is 6.74. The van der Waals surface area contributed by atoms with E-state index in [2.05, 4.69) is 36.3 Å². The maximum atomic E-state index is 10.5. The van der Waals surface area contributed by atoms with Crippen molar-refractivity contribution >= 4 is 0 Å². The number of nitrogens with zero attached hydrogens (tertiary/aromatic N) is 4. The molecule has 0 radical (unpaired) electrons. The first kappa shape index (κ1) is 15.7. The summed E-state index contributed by atoms with van der Waals surface area (Å²) >= 11 is 0. The number of aromatic nitrogens is 4. The molecule has 0 amide bonds. The Morgan fingerprint density at radius 3 is 2.38 bits per heavy atom. The summed E-state index contributed by atoms with van der Waals surface area (Å²) in [6.07, 6.45) is 7.42. The molecule has 0 aliphatic carbocycles. The first-order valence-electron chi connectivity index (χ1n) is 7.15. The van der Waals surface area contributed by atoms with E-state index in [9.17, 15) is 5.11 Å². The molecule has 6 nitrogen and oxygen atoms in total. The van der Waals surface area contributed by atoms with Crippen LogP contribution >= 0.6 is 0 Å². The first-order valence-corrected chi connectivity index (χ1v) is 7.15. The molecule has 0 spiro atoms. The molecular weight excluding hydrogens is 266 g/mol. The zero-order chi connectivity index (χ0) is 15.7. The van der Waals surface area contributed by atoms with Crippen LogP contribution in [-0.4, -0.2) is 31.2 Å². The average molecular weight is 291 g/mol. The summed E-state index contributed by atoms with van der Waals surface area (Å²) < 4.78 is 3.64. The van der Waals surface area contributed by atoms with Gasteiger partial charge in [-0.3, -0.25) is 9.36 Å². The fraction of sp³-hybridized carbons (Fsp3) is 0.600. The molecule has 6 heteroatoms. The molecule has 2 rings (SSSR count). The molecule has 2 aromatic heterocycles. The van der Waals surface area contributed by atoms with Crippen molar-refractivity contribution in [1.82, 2.24) is 24.9 Å². The normalized spacial score (nSPS) is 15.1. The van der Waals surface area contributed by atoms with Crippen LogP contribution in [-0.2, 0) is 24.7 Å². The summed E-state index contributed by atoms with van der Waals surface area (Å²) in [4.78, 5) is 0. The Balaban J connectivity index is 1.91. The Kier molecular flexibility index (Phi) is 4.20. The molecule has 0 bridgehead atoms. The molecule has 116 valence electrons. The molecule has 0 saturated carbocycles. The smallest absolute Gasteiger partial charge is 0.102 e. The van der Waals surface area contributed by atoms with Crippen molar-refractivity contribution in [2.45, 2.75) is 45.4 Å². The van der Waals surface area contributed by atoms with Crippen molar-refractivity contribution in [3.05, 3.63) is 35.9 Å². The number of hydrogen-bond donors (Lipinski definition) is 2. The van der Waals surface area contributed by atoms with E-state index in [1.807, 2.05) is 30.3 Å². The zero-order valence-electron chi connectivity index (χ0n) is 13.5.